The van der Waals surface area contributed by atoms with E-state index in [-0.39, 0.29) is 5.82 Å². The van der Waals surface area contributed by atoms with E-state index in [0.717, 1.165) is 19.5 Å². The van der Waals surface area contributed by atoms with Crippen molar-refractivity contribution in [1.82, 2.24) is 5.32 Å². The molecule has 0 saturated carbocycles. The molecule has 2 nitrogen and oxygen atoms in total. The highest BCUT2D eigenvalue weighted by atomic mass is 35.5. The van der Waals surface area contributed by atoms with Crippen LogP contribution in [0.15, 0.2) is 18.2 Å². The summed E-state index contributed by atoms with van der Waals surface area (Å²) in [4.78, 5) is 1.92. The number of hydrogen-bond acceptors (Lipinski definition) is 2. The maximum Gasteiger partial charge on any atom is 0.146 e. The monoisotopic (exact) mass is 242 g/mol. The molecule has 0 aliphatic carbocycles. The van der Waals surface area contributed by atoms with Crippen molar-refractivity contribution in [2.75, 3.05) is 25.0 Å². The summed E-state index contributed by atoms with van der Waals surface area (Å²) < 4.78 is 13.6. The van der Waals surface area contributed by atoms with Gasteiger partial charge in [0.05, 0.1) is 5.69 Å². The Morgan fingerprint density at radius 3 is 3.06 bits per heavy atom. The van der Waals surface area contributed by atoms with E-state index in [1.807, 2.05) is 11.9 Å². The van der Waals surface area contributed by atoms with Gasteiger partial charge in [0.2, 0.25) is 0 Å². The van der Waals surface area contributed by atoms with Crippen LogP contribution < -0.4 is 10.2 Å². The predicted molar refractivity (Wildman–Crippen MR) is 65.7 cm³/mol. The van der Waals surface area contributed by atoms with Crippen LogP contribution >= 0.6 is 11.6 Å². The zero-order valence-electron chi connectivity index (χ0n) is 9.34. The van der Waals surface area contributed by atoms with E-state index in [9.17, 15) is 4.39 Å². The van der Waals surface area contributed by atoms with Crippen LogP contribution in [0.3, 0.4) is 0 Å². The molecule has 1 atom stereocenters. The second-order valence-corrected chi connectivity index (χ2v) is 4.71. The Hall–Kier alpha value is -0.800. The summed E-state index contributed by atoms with van der Waals surface area (Å²) in [5.41, 5.74) is 0.571. The van der Waals surface area contributed by atoms with Crippen LogP contribution in [-0.4, -0.2) is 26.2 Å². The van der Waals surface area contributed by atoms with Crippen molar-refractivity contribution in [1.29, 1.82) is 0 Å². The summed E-state index contributed by atoms with van der Waals surface area (Å²) in [6.45, 7) is 1.88. The van der Waals surface area contributed by atoms with E-state index in [0.29, 0.717) is 16.8 Å². The second-order valence-electron chi connectivity index (χ2n) is 4.27. The maximum atomic E-state index is 13.6. The van der Waals surface area contributed by atoms with Crippen LogP contribution in [0.5, 0.6) is 0 Å². The van der Waals surface area contributed by atoms with E-state index >= 15 is 0 Å². The van der Waals surface area contributed by atoms with Crippen LogP contribution in [-0.2, 0) is 0 Å². The molecule has 0 bridgehead atoms. The smallest absolute Gasteiger partial charge is 0.146 e. The van der Waals surface area contributed by atoms with E-state index in [2.05, 4.69) is 5.32 Å². The molecule has 1 aliphatic rings. The molecule has 1 aliphatic heterocycles. The van der Waals surface area contributed by atoms with Crippen LogP contribution in [0.4, 0.5) is 10.1 Å². The van der Waals surface area contributed by atoms with Gasteiger partial charge in [-0.2, -0.15) is 0 Å². The minimum atomic E-state index is -0.218. The number of benzene rings is 1. The largest absolute Gasteiger partial charge is 0.371 e. The topological polar surface area (TPSA) is 15.3 Å². The number of nitrogens with zero attached hydrogens (tertiary/aromatic N) is 1. The normalized spacial score (nSPS) is 20.1. The molecule has 1 N–H and O–H groups in total. The van der Waals surface area contributed by atoms with Gasteiger partial charge in [0.15, 0.2) is 0 Å². The fourth-order valence-corrected chi connectivity index (χ4v) is 2.29. The quantitative estimate of drug-likeness (QED) is 0.877. The Morgan fingerprint density at radius 2 is 2.38 bits per heavy atom. The van der Waals surface area contributed by atoms with Gasteiger partial charge in [-0.05, 0) is 37.6 Å². The van der Waals surface area contributed by atoms with Crippen molar-refractivity contribution < 1.29 is 4.39 Å². The highest BCUT2D eigenvalue weighted by molar-refractivity contribution is 6.30. The Balaban J connectivity index is 2.07. The summed E-state index contributed by atoms with van der Waals surface area (Å²) in [7, 11) is 1.90. The molecule has 0 radical (unpaired) electrons. The lowest BCUT2D eigenvalue weighted by Crippen LogP contribution is -2.35. The van der Waals surface area contributed by atoms with E-state index in [1.54, 1.807) is 12.1 Å². The lowest BCUT2D eigenvalue weighted by Gasteiger charge is -2.23. The fraction of sp³-hybridized carbons (Fsp3) is 0.500. The molecule has 2 rings (SSSR count). The molecule has 0 aromatic heterocycles. The third-order valence-electron chi connectivity index (χ3n) is 2.98. The predicted octanol–water partition coefficient (Wildman–Crippen LogP) is 2.67. The summed E-state index contributed by atoms with van der Waals surface area (Å²) in [5.74, 6) is -0.218. The SMILES string of the molecule is CN(CC1CCCN1)c1cc(Cl)ccc1F. The summed E-state index contributed by atoms with van der Waals surface area (Å²) in [6.07, 6.45) is 2.36. The molecular weight excluding hydrogens is 227 g/mol. The molecule has 1 saturated heterocycles. The van der Waals surface area contributed by atoms with E-state index < -0.39 is 0 Å². The third-order valence-corrected chi connectivity index (χ3v) is 3.21. The van der Waals surface area contributed by atoms with Crippen LogP contribution in [0.1, 0.15) is 12.8 Å². The van der Waals surface area contributed by atoms with Gasteiger partial charge in [0, 0.05) is 24.7 Å². The van der Waals surface area contributed by atoms with Crippen molar-refractivity contribution in [3.8, 4) is 0 Å². The number of anilines is 1. The first-order valence-electron chi connectivity index (χ1n) is 5.56. The van der Waals surface area contributed by atoms with Crippen molar-refractivity contribution in [3.05, 3.63) is 29.0 Å². The fourth-order valence-electron chi connectivity index (χ4n) is 2.12. The number of halogens is 2. The number of hydrogen-bond donors (Lipinski definition) is 1. The first-order valence-corrected chi connectivity index (χ1v) is 5.94. The van der Waals surface area contributed by atoms with Gasteiger partial charge in [-0.1, -0.05) is 11.6 Å². The summed E-state index contributed by atoms with van der Waals surface area (Å²) in [5, 5.41) is 3.97. The van der Waals surface area contributed by atoms with Crippen molar-refractivity contribution in [3.63, 3.8) is 0 Å². The third kappa shape index (κ3) is 2.66. The van der Waals surface area contributed by atoms with Gasteiger partial charge in [0.1, 0.15) is 5.82 Å². The van der Waals surface area contributed by atoms with Crippen molar-refractivity contribution >= 4 is 17.3 Å². The highest BCUT2D eigenvalue weighted by Gasteiger charge is 2.17. The zero-order valence-corrected chi connectivity index (χ0v) is 10.1. The number of nitrogens with one attached hydrogen (secondary N) is 1. The second kappa shape index (κ2) is 5.02. The molecule has 88 valence electrons. The Bertz CT molecular complexity index is 364. The molecule has 1 unspecified atom stereocenters. The molecule has 4 heteroatoms. The number of likely N-dealkylation sites (N-methyl/N-ethyl adjacent to an activating group) is 1. The standard InChI is InChI=1S/C12H16ClFN2/c1-16(8-10-3-2-6-15-10)12-7-9(13)4-5-11(12)14/h4-5,7,10,15H,2-3,6,8H2,1H3. The lowest BCUT2D eigenvalue weighted by molar-refractivity contribution is 0.582. The van der Waals surface area contributed by atoms with E-state index in [4.69, 9.17) is 11.6 Å². The molecule has 1 aromatic carbocycles. The van der Waals surface area contributed by atoms with Gasteiger partial charge in [-0.25, -0.2) is 4.39 Å². The molecule has 0 spiro atoms. The Kier molecular flexibility index (Phi) is 3.66. The first kappa shape index (κ1) is 11.7. The van der Waals surface area contributed by atoms with Gasteiger partial charge in [-0.3, -0.25) is 0 Å². The Labute approximate surface area is 100 Å². The van der Waals surface area contributed by atoms with Crippen LogP contribution in [0.2, 0.25) is 5.02 Å². The summed E-state index contributed by atoms with van der Waals surface area (Å²) in [6, 6.07) is 5.12. The van der Waals surface area contributed by atoms with E-state index in [1.165, 1.54) is 12.5 Å². The molecule has 0 amide bonds. The van der Waals surface area contributed by atoms with Gasteiger partial charge < -0.3 is 10.2 Å². The molecule has 1 heterocycles. The van der Waals surface area contributed by atoms with Crippen LogP contribution in [0, 0.1) is 5.82 Å². The average Bonchev–Trinajstić information content (AvgIpc) is 2.74. The van der Waals surface area contributed by atoms with Gasteiger partial charge in [0.25, 0.3) is 0 Å². The van der Waals surface area contributed by atoms with Gasteiger partial charge in [-0.15, -0.1) is 0 Å². The molecule has 1 fully saturated rings. The summed E-state index contributed by atoms with van der Waals surface area (Å²) >= 11 is 5.87. The number of rotatable bonds is 3. The zero-order chi connectivity index (χ0) is 11.5. The highest BCUT2D eigenvalue weighted by Crippen LogP contribution is 2.23. The van der Waals surface area contributed by atoms with Crippen molar-refractivity contribution in [2.24, 2.45) is 0 Å². The molecule has 16 heavy (non-hydrogen) atoms. The van der Waals surface area contributed by atoms with Crippen molar-refractivity contribution in [2.45, 2.75) is 18.9 Å². The first-order chi connectivity index (χ1) is 7.66. The van der Waals surface area contributed by atoms with Gasteiger partial charge >= 0.3 is 0 Å². The lowest BCUT2D eigenvalue weighted by atomic mass is 10.2. The Morgan fingerprint density at radius 1 is 1.56 bits per heavy atom. The minimum absolute atomic E-state index is 0.218. The molecule has 1 aromatic rings. The average molecular weight is 243 g/mol. The minimum Gasteiger partial charge on any atom is -0.371 e. The molecular formula is C12H16ClFN2. The maximum absolute atomic E-state index is 13.6. The van der Waals surface area contributed by atoms with Crippen LogP contribution in [0.25, 0.3) is 0 Å².